The van der Waals surface area contributed by atoms with E-state index in [1.165, 1.54) is 19.2 Å². The summed E-state index contributed by atoms with van der Waals surface area (Å²) in [5.41, 5.74) is -0.362. The van der Waals surface area contributed by atoms with Crippen LogP contribution in [0.15, 0.2) is 18.2 Å². The molecule has 1 atom stereocenters. The molecule has 0 aliphatic rings. The fourth-order valence-corrected chi connectivity index (χ4v) is 2.58. The molecule has 1 unspecified atom stereocenters. The molecule has 1 N–H and O–H groups in total. The van der Waals surface area contributed by atoms with E-state index in [0.717, 1.165) is 0 Å². The van der Waals surface area contributed by atoms with Gasteiger partial charge in [0.25, 0.3) is 0 Å². The predicted molar refractivity (Wildman–Crippen MR) is 72.4 cm³/mol. The third-order valence-corrected chi connectivity index (χ3v) is 3.67. The van der Waals surface area contributed by atoms with Crippen molar-refractivity contribution in [2.45, 2.75) is 32.6 Å². The number of carboxylic acids is 1. The molecular formula is C15H19FO4. The molecule has 0 saturated carbocycles. The van der Waals surface area contributed by atoms with Crippen molar-refractivity contribution in [3.8, 4) is 5.75 Å². The molecule has 0 radical (unpaired) electrons. The first-order valence-electron chi connectivity index (χ1n) is 6.37. The minimum atomic E-state index is -1.47. The number of halogens is 1. The zero-order chi connectivity index (χ0) is 15.5. The molecule has 0 bridgehead atoms. The predicted octanol–water partition coefficient (Wildman–Crippen LogP) is 2.79. The molecule has 1 aromatic carbocycles. The average molecular weight is 282 g/mol. The summed E-state index contributed by atoms with van der Waals surface area (Å²) in [5.74, 6) is -3.58. The number of rotatable bonds is 6. The van der Waals surface area contributed by atoms with E-state index < -0.39 is 28.9 Å². The number of para-hydroxylation sites is 1. The normalized spacial score (nSPS) is 12.8. The minimum Gasteiger partial charge on any atom is -0.493 e. The average Bonchev–Trinajstić information content (AvgIpc) is 2.38. The summed E-state index contributed by atoms with van der Waals surface area (Å²) >= 11 is 0. The van der Waals surface area contributed by atoms with E-state index in [1.807, 2.05) is 0 Å². The molecule has 4 nitrogen and oxygen atoms in total. The van der Waals surface area contributed by atoms with Crippen LogP contribution >= 0.6 is 0 Å². The van der Waals surface area contributed by atoms with E-state index in [-0.39, 0.29) is 5.75 Å². The Hall–Kier alpha value is -1.91. The van der Waals surface area contributed by atoms with Gasteiger partial charge in [0.05, 0.1) is 7.11 Å². The van der Waals surface area contributed by atoms with Crippen molar-refractivity contribution in [1.29, 1.82) is 0 Å². The second-order valence-corrected chi connectivity index (χ2v) is 5.17. The molecule has 5 heteroatoms. The highest BCUT2D eigenvalue weighted by atomic mass is 19.1. The first-order chi connectivity index (χ1) is 9.27. The van der Waals surface area contributed by atoms with Crippen molar-refractivity contribution in [3.05, 3.63) is 29.6 Å². The Morgan fingerprint density at radius 2 is 2.00 bits per heavy atom. The number of carboxylic acid groups (broad SMARTS) is 1. The molecule has 0 fully saturated rings. The molecule has 0 aromatic heterocycles. The maximum absolute atomic E-state index is 13.8. The lowest BCUT2D eigenvalue weighted by Gasteiger charge is -2.33. The van der Waals surface area contributed by atoms with Gasteiger partial charge in [0.1, 0.15) is 0 Å². The van der Waals surface area contributed by atoms with Gasteiger partial charge >= 0.3 is 5.97 Å². The molecule has 0 saturated heterocycles. The second-order valence-electron chi connectivity index (χ2n) is 5.17. The van der Waals surface area contributed by atoms with Crippen molar-refractivity contribution in [3.63, 3.8) is 0 Å². The highest BCUT2D eigenvalue weighted by Crippen LogP contribution is 2.40. The van der Waals surface area contributed by atoms with Gasteiger partial charge < -0.3 is 9.84 Å². The largest absolute Gasteiger partial charge is 0.493 e. The van der Waals surface area contributed by atoms with Gasteiger partial charge in [0.15, 0.2) is 11.6 Å². The number of carbonyl (C=O) groups excluding carboxylic acids is 1. The number of ketones is 1. The Morgan fingerprint density at radius 1 is 1.40 bits per heavy atom. The van der Waals surface area contributed by atoms with Crippen LogP contribution in [0.4, 0.5) is 4.39 Å². The number of carbonyl (C=O) groups is 2. The summed E-state index contributed by atoms with van der Waals surface area (Å²) in [7, 11) is 1.35. The molecule has 1 aromatic rings. The maximum Gasteiger partial charge on any atom is 0.372 e. The van der Waals surface area contributed by atoms with Crippen LogP contribution in [0.2, 0.25) is 0 Å². The Labute approximate surface area is 117 Å². The van der Waals surface area contributed by atoms with E-state index >= 15 is 0 Å². The lowest BCUT2D eigenvalue weighted by molar-refractivity contribution is -0.152. The second kappa shape index (κ2) is 6.03. The Bertz CT molecular complexity index is 523. The van der Waals surface area contributed by atoms with E-state index in [4.69, 9.17) is 9.84 Å². The van der Waals surface area contributed by atoms with Crippen LogP contribution in [-0.2, 0) is 15.0 Å². The summed E-state index contributed by atoms with van der Waals surface area (Å²) in [4.78, 5) is 22.8. The molecular weight excluding hydrogens is 263 g/mol. The Morgan fingerprint density at radius 3 is 2.45 bits per heavy atom. The van der Waals surface area contributed by atoms with Crippen molar-refractivity contribution in [2.24, 2.45) is 5.92 Å². The molecule has 1 rings (SSSR count). The third-order valence-electron chi connectivity index (χ3n) is 3.67. The van der Waals surface area contributed by atoms with Crippen LogP contribution in [0, 0.1) is 11.7 Å². The molecule has 0 spiro atoms. The Kier molecular flexibility index (Phi) is 4.87. The van der Waals surface area contributed by atoms with E-state index in [2.05, 4.69) is 0 Å². The van der Waals surface area contributed by atoms with Crippen molar-refractivity contribution in [1.82, 2.24) is 0 Å². The van der Waals surface area contributed by atoms with Crippen LogP contribution in [0.3, 0.4) is 0 Å². The molecule has 20 heavy (non-hydrogen) atoms. The van der Waals surface area contributed by atoms with Gasteiger partial charge in [-0.3, -0.25) is 4.79 Å². The standard InChI is InChI=1S/C15H19FO4/c1-5-9(12(17)14(18)19)15(2,3)10-7-6-8-11(16)13(10)20-4/h6-9H,5H2,1-4H3,(H,18,19). The minimum absolute atomic E-state index is 0.0501. The topological polar surface area (TPSA) is 63.6 Å². The quantitative estimate of drug-likeness (QED) is 0.815. The summed E-state index contributed by atoms with van der Waals surface area (Å²) in [6.45, 7) is 5.18. The summed E-state index contributed by atoms with van der Waals surface area (Å²) in [6.07, 6.45) is 0.345. The number of hydrogen-bond donors (Lipinski definition) is 1. The molecule has 0 amide bonds. The van der Waals surface area contributed by atoms with Gasteiger partial charge in [0.2, 0.25) is 5.78 Å². The molecule has 0 aliphatic carbocycles. The van der Waals surface area contributed by atoms with Crippen LogP contribution in [0.5, 0.6) is 5.75 Å². The fraction of sp³-hybridized carbons (Fsp3) is 0.467. The highest BCUT2D eigenvalue weighted by molar-refractivity contribution is 6.33. The van der Waals surface area contributed by atoms with Crippen LogP contribution < -0.4 is 4.74 Å². The van der Waals surface area contributed by atoms with Gasteiger partial charge in [0, 0.05) is 16.9 Å². The Balaban J connectivity index is 3.37. The van der Waals surface area contributed by atoms with Gasteiger partial charge in [-0.05, 0) is 12.5 Å². The van der Waals surface area contributed by atoms with Gasteiger partial charge in [-0.15, -0.1) is 0 Å². The fourth-order valence-electron chi connectivity index (χ4n) is 2.58. The van der Waals surface area contributed by atoms with Crippen molar-refractivity contribution in [2.75, 3.05) is 7.11 Å². The highest BCUT2D eigenvalue weighted by Gasteiger charge is 2.40. The van der Waals surface area contributed by atoms with E-state index in [0.29, 0.717) is 12.0 Å². The monoisotopic (exact) mass is 282 g/mol. The van der Waals surface area contributed by atoms with Crippen LogP contribution in [0.25, 0.3) is 0 Å². The summed E-state index contributed by atoms with van der Waals surface area (Å²) < 4.78 is 18.8. The van der Waals surface area contributed by atoms with Crippen LogP contribution in [-0.4, -0.2) is 24.0 Å². The first kappa shape index (κ1) is 16.1. The maximum atomic E-state index is 13.8. The number of ether oxygens (including phenoxy) is 1. The number of methoxy groups -OCH3 is 1. The number of aliphatic carboxylic acids is 1. The van der Waals surface area contributed by atoms with E-state index in [1.54, 1.807) is 26.8 Å². The smallest absolute Gasteiger partial charge is 0.372 e. The molecule has 0 aliphatic heterocycles. The zero-order valence-corrected chi connectivity index (χ0v) is 12.1. The number of benzene rings is 1. The SMILES string of the molecule is CCC(C(=O)C(=O)O)C(C)(C)c1cccc(F)c1OC. The van der Waals surface area contributed by atoms with Crippen molar-refractivity contribution < 1.29 is 23.8 Å². The van der Waals surface area contributed by atoms with Gasteiger partial charge in [-0.25, -0.2) is 9.18 Å². The van der Waals surface area contributed by atoms with Crippen molar-refractivity contribution >= 4 is 11.8 Å². The summed E-state index contributed by atoms with van der Waals surface area (Å²) in [6, 6.07) is 4.44. The van der Waals surface area contributed by atoms with Gasteiger partial charge in [-0.2, -0.15) is 0 Å². The number of Topliss-reactive ketones (excluding diaryl/α,β-unsaturated/α-hetero) is 1. The number of hydrogen-bond acceptors (Lipinski definition) is 3. The van der Waals surface area contributed by atoms with Gasteiger partial charge in [-0.1, -0.05) is 32.9 Å². The lowest BCUT2D eigenvalue weighted by atomic mass is 9.70. The molecule has 0 heterocycles. The lowest BCUT2D eigenvalue weighted by Crippen LogP contribution is -2.38. The van der Waals surface area contributed by atoms with E-state index in [9.17, 15) is 14.0 Å². The third kappa shape index (κ3) is 2.81. The first-order valence-corrected chi connectivity index (χ1v) is 6.37. The summed E-state index contributed by atoms with van der Waals surface area (Å²) in [5, 5.41) is 8.92. The molecule has 110 valence electrons. The van der Waals surface area contributed by atoms with Crippen LogP contribution in [0.1, 0.15) is 32.8 Å². The zero-order valence-electron chi connectivity index (χ0n) is 12.1.